The molecule has 3 N–H and O–H groups in total. The van der Waals surface area contributed by atoms with Crippen molar-refractivity contribution in [2.45, 2.75) is 13.0 Å². The number of nitro groups is 1. The average Bonchev–Trinajstić information content (AvgIpc) is 2.62. The van der Waals surface area contributed by atoms with Crippen LogP contribution in [0.1, 0.15) is 27.6 Å². The fraction of sp³-hybridized carbons (Fsp3) is 0.118. The van der Waals surface area contributed by atoms with Crippen LogP contribution in [0.25, 0.3) is 0 Å². The number of nitro benzene ring substituents is 1. The maximum absolute atomic E-state index is 12.1. The summed E-state index contributed by atoms with van der Waals surface area (Å²) in [5.41, 5.74) is 5.75. The minimum Gasteiger partial charge on any atom is -0.449 e. The number of nitrogens with two attached hydrogens (primary N) is 1. The molecule has 0 spiro atoms. The van der Waals surface area contributed by atoms with Crippen LogP contribution < -0.4 is 11.1 Å². The highest BCUT2D eigenvalue weighted by atomic mass is 16.6. The van der Waals surface area contributed by atoms with Gasteiger partial charge in [-0.3, -0.25) is 19.7 Å². The molecule has 0 radical (unpaired) electrons. The predicted molar refractivity (Wildman–Crippen MR) is 91.6 cm³/mol. The molecule has 9 heteroatoms. The average molecular weight is 357 g/mol. The minimum absolute atomic E-state index is 0.0843. The van der Waals surface area contributed by atoms with E-state index in [4.69, 9.17) is 10.5 Å². The first-order valence-corrected chi connectivity index (χ1v) is 7.44. The Balaban J connectivity index is 1.96. The summed E-state index contributed by atoms with van der Waals surface area (Å²) in [6.45, 7) is 1.39. The zero-order valence-electron chi connectivity index (χ0n) is 13.7. The second-order valence-electron chi connectivity index (χ2n) is 5.28. The third-order valence-electron chi connectivity index (χ3n) is 3.40. The Bertz CT molecular complexity index is 846. The van der Waals surface area contributed by atoms with Crippen LogP contribution in [0, 0.1) is 10.1 Å². The van der Waals surface area contributed by atoms with Crippen LogP contribution >= 0.6 is 0 Å². The van der Waals surface area contributed by atoms with E-state index in [9.17, 15) is 24.5 Å². The summed E-state index contributed by atoms with van der Waals surface area (Å²) in [6, 6.07) is 10.7. The Morgan fingerprint density at radius 3 is 2.08 bits per heavy atom. The van der Waals surface area contributed by atoms with Crippen LogP contribution in [0.2, 0.25) is 0 Å². The summed E-state index contributed by atoms with van der Waals surface area (Å²) in [5.74, 6) is -1.95. The number of primary amides is 1. The molecule has 0 aliphatic carbocycles. The van der Waals surface area contributed by atoms with E-state index in [1.54, 1.807) is 0 Å². The maximum atomic E-state index is 12.1. The van der Waals surface area contributed by atoms with Gasteiger partial charge in [0.25, 0.3) is 11.6 Å². The van der Waals surface area contributed by atoms with Gasteiger partial charge < -0.3 is 15.8 Å². The van der Waals surface area contributed by atoms with Crippen LogP contribution in [0.15, 0.2) is 48.5 Å². The zero-order valence-corrected chi connectivity index (χ0v) is 13.7. The Morgan fingerprint density at radius 2 is 1.58 bits per heavy atom. The number of esters is 1. The van der Waals surface area contributed by atoms with E-state index in [1.807, 2.05) is 0 Å². The topological polar surface area (TPSA) is 142 Å². The van der Waals surface area contributed by atoms with E-state index in [0.29, 0.717) is 11.3 Å². The number of rotatable bonds is 6. The molecular formula is C17H15N3O6. The number of nitrogens with one attached hydrogen (secondary N) is 1. The van der Waals surface area contributed by atoms with Gasteiger partial charge in [0.2, 0.25) is 5.91 Å². The quantitative estimate of drug-likeness (QED) is 0.459. The largest absolute Gasteiger partial charge is 0.449 e. The molecule has 9 nitrogen and oxygen atoms in total. The van der Waals surface area contributed by atoms with Crippen molar-refractivity contribution in [3.63, 3.8) is 0 Å². The predicted octanol–water partition coefficient (Wildman–Crippen LogP) is 1.88. The minimum atomic E-state index is -1.10. The second kappa shape index (κ2) is 7.88. The molecule has 1 atom stereocenters. The fourth-order valence-corrected chi connectivity index (χ4v) is 1.96. The van der Waals surface area contributed by atoms with E-state index in [0.717, 1.165) is 0 Å². The van der Waals surface area contributed by atoms with Crippen LogP contribution in [0.3, 0.4) is 0 Å². The molecule has 0 aliphatic heterocycles. The number of benzene rings is 2. The van der Waals surface area contributed by atoms with Crippen molar-refractivity contribution in [2.75, 3.05) is 5.32 Å². The lowest BCUT2D eigenvalue weighted by atomic mass is 10.2. The van der Waals surface area contributed by atoms with Crippen molar-refractivity contribution >= 4 is 29.2 Å². The summed E-state index contributed by atoms with van der Waals surface area (Å²) in [4.78, 5) is 45.1. The number of amides is 2. The molecule has 0 aromatic heterocycles. The fourth-order valence-electron chi connectivity index (χ4n) is 1.96. The van der Waals surface area contributed by atoms with Crippen LogP contribution in [0.5, 0.6) is 0 Å². The van der Waals surface area contributed by atoms with Gasteiger partial charge in [-0.1, -0.05) is 0 Å². The first-order chi connectivity index (χ1) is 12.3. The van der Waals surface area contributed by atoms with Gasteiger partial charge in [-0.2, -0.15) is 0 Å². The molecule has 2 rings (SSSR count). The molecule has 2 aromatic carbocycles. The van der Waals surface area contributed by atoms with Gasteiger partial charge >= 0.3 is 5.97 Å². The highest BCUT2D eigenvalue weighted by Gasteiger charge is 2.19. The molecule has 0 bridgehead atoms. The van der Waals surface area contributed by atoms with Crippen molar-refractivity contribution in [2.24, 2.45) is 5.73 Å². The number of nitrogens with zero attached hydrogens (tertiary/aromatic N) is 1. The monoisotopic (exact) mass is 357 g/mol. The molecule has 26 heavy (non-hydrogen) atoms. The van der Waals surface area contributed by atoms with Crippen molar-refractivity contribution < 1.29 is 24.0 Å². The van der Waals surface area contributed by atoms with Gasteiger partial charge in [0.05, 0.1) is 10.5 Å². The third-order valence-corrected chi connectivity index (χ3v) is 3.40. The van der Waals surface area contributed by atoms with Gasteiger partial charge in [-0.25, -0.2) is 4.79 Å². The number of carbonyl (C=O) groups is 3. The van der Waals surface area contributed by atoms with E-state index >= 15 is 0 Å². The summed E-state index contributed by atoms with van der Waals surface area (Å²) in [7, 11) is 0. The Hall–Kier alpha value is -3.75. The highest BCUT2D eigenvalue weighted by molar-refractivity contribution is 5.98. The molecule has 0 aliphatic rings. The van der Waals surface area contributed by atoms with Crippen molar-refractivity contribution in [1.29, 1.82) is 0 Å². The van der Waals surface area contributed by atoms with Gasteiger partial charge in [0.1, 0.15) is 0 Å². The molecular weight excluding hydrogens is 342 g/mol. The Morgan fingerprint density at radius 1 is 1.04 bits per heavy atom. The normalized spacial score (nSPS) is 11.3. The molecule has 0 unspecified atom stereocenters. The van der Waals surface area contributed by atoms with Gasteiger partial charge in [-0.15, -0.1) is 0 Å². The first kappa shape index (κ1) is 18.6. The Labute approximate surface area is 147 Å². The number of hydrogen-bond donors (Lipinski definition) is 2. The standard InChI is InChI=1S/C17H15N3O6/c1-10(16(22)19-13-6-2-11(3-7-13)15(18)21)26-17(23)12-4-8-14(9-5-12)20(24)25/h2-10H,1H3,(H2,18,21)(H,19,22)/t10-/m0/s1. The highest BCUT2D eigenvalue weighted by Crippen LogP contribution is 2.14. The van der Waals surface area contributed by atoms with Crippen LogP contribution in [0.4, 0.5) is 11.4 Å². The summed E-state index contributed by atoms with van der Waals surface area (Å²) >= 11 is 0. The molecule has 0 saturated carbocycles. The summed E-state index contributed by atoms with van der Waals surface area (Å²) in [5, 5.41) is 13.1. The number of ether oxygens (including phenoxy) is 1. The lowest BCUT2D eigenvalue weighted by Gasteiger charge is -2.13. The van der Waals surface area contributed by atoms with Gasteiger partial charge in [0.15, 0.2) is 6.10 Å². The molecule has 2 amide bonds. The molecule has 2 aromatic rings. The molecule has 0 heterocycles. The van der Waals surface area contributed by atoms with Crippen molar-refractivity contribution in [3.05, 3.63) is 69.8 Å². The number of anilines is 1. The van der Waals surface area contributed by atoms with E-state index < -0.39 is 28.8 Å². The molecule has 134 valence electrons. The number of hydrogen-bond acceptors (Lipinski definition) is 6. The summed E-state index contributed by atoms with van der Waals surface area (Å²) in [6.07, 6.45) is -1.10. The third kappa shape index (κ3) is 4.63. The van der Waals surface area contributed by atoms with Crippen molar-refractivity contribution in [1.82, 2.24) is 0 Å². The number of carbonyl (C=O) groups excluding carboxylic acids is 3. The lowest BCUT2D eigenvalue weighted by Crippen LogP contribution is -2.30. The first-order valence-electron chi connectivity index (χ1n) is 7.44. The lowest BCUT2D eigenvalue weighted by molar-refractivity contribution is -0.384. The van der Waals surface area contributed by atoms with Crippen LogP contribution in [-0.4, -0.2) is 28.8 Å². The summed E-state index contributed by atoms with van der Waals surface area (Å²) < 4.78 is 5.04. The van der Waals surface area contributed by atoms with Crippen LogP contribution in [-0.2, 0) is 9.53 Å². The van der Waals surface area contributed by atoms with E-state index in [1.165, 1.54) is 55.5 Å². The Kier molecular flexibility index (Phi) is 5.63. The number of non-ortho nitro benzene ring substituents is 1. The van der Waals surface area contributed by atoms with Gasteiger partial charge in [0, 0.05) is 23.4 Å². The molecule has 0 saturated heterocycles. The van der Waals surface area contributed by atoms with Gasteiger partial charge in [-0.05, 0) is 43.3 Å². The van der Waals surface area contributed by atoms with E-state index in [-0.39, 0.29) is 11.3 Å². The van der Waals surface area contributed by atoms with E-state index in [2.05, 4.69) is 5.32 Å². The second-order valence-corrected chi connectivity index (χ2v) is 5.28. The zero-order chi connectivity index (χ0) is 19.3. The molecule has 0 fully saturated rings. The smallest absolute Gasteiger partial charge is 0.338 e. The SMILES string of the molecule is C[C@H](OC(=O)c1ccc([N+](=O)[O-])cc1)C(=O)Nc1ccc(C(N)=O)cc1. The van der Waals surface area contributed by atoms with Crippen molar-refractivity contribution in [3.8, 4) is 0 Å². The maximum Gasteiger partial charge on any atom is 0.338 e.